The van der Waals surface area contributed by atoms with Gasteiger partial charge in [0.2, 0.25) is 5.91 Å². The lowest BCUT2D eigenvalue weighted by Crippen LogP contribution is -2.40. The Morgan fingerprint density at radius 1 is 0.912 bits per heavy atom. The zero-order chi connectivity index (χ0) is 23.9. The van der Waals surface area contributed by atoms with Crippen molar-refractivity contribution in [3.8, 4) is 0 Å². The normalized spacial score (nSPS) is 16.1. The largest absolute Gasteiger partial charge is 0.348 e. The van der Waals surface area contributed by atoms with Crippen LogP contribution in [0.25, 0.3) is 0 Å². The zero-order valence-electron chi connectivity index (χ0n) is 18.8. The first-order valence-electron chi connectivity index (χ1n) is 11.4. The Morgan fingerprint density at radius 2 is 1.62 bits per heavy atom. The molecule has 1 unspecified atom stereocenters. The molecule has 1 aliphatic rings. The summed E-state index contributed by atoms with van der Waals surface area (Å²) < 4.78 is 0. The Morgan fingerprint density at radius 3 is 2.38 bits per heavy atom. The maximum atomic E-state index is 13.1. The first-order chi connectivity index (χ1) is 16.5. The Balaban J connectivity index is 1.39. The van der Waals surface area contributed by atoms with E-state index in [9.17, 15) is 9.59 Å². The minimum absolute atomic E-state index is 0.0849. The van der Waals surface area contributed by atoms with Gasteiger partial charge in [-0.3, -0.25) is 14.5 Å². The summed E-state index contributed by atoms with van der Waals surface area (Å²) in [5.74, 6) is -0.493. The monoisotopic (exact) mass is 495 g/mol. The lowest BCUT2D eigenvalue weighted by atomic mass is 9.96. The molecule has 2 N–H and O–H groups in total. The lowest BCUT2D eigenvalue weighted by molar-refractivity contribution is -0.121. The van der Waals surface area contributed by atoms with Gasteiger partial charge in [0.25, 0.3) is 5.91 Å². The number of benzene rings is 3. The molecule has 3 aromatic rings. The quantitative estimate of drug-likeness (QED) is 0.436. The van der Waals surface area contributed by atoms with Crippen LogP contribution >= 0.6 is 23.2 Å². The number of anilines is 1. The fourth-order valence-corrected chi connectivity index (χ4v) is 4.74. The van der Waals surface area contributed by atoms with Crippen LogP contribution in [0.5, 0.6) is 0 Å². The molecule has 4 rings (SSSR count). The highest BCUT2D eigenvalue weighted by atomic mass is 35.5. The molecule has 1 atom stereocenters. The molecule has 176 valence electrons. The first-order valence-corrected chi connectivity index (χ1v) is 12.1. The Kier molecular flexibility index (Phi) is 8.22. The van der Waals surface area contributed by atoms with Crippen molar-refractivity contribution in [1.29, 1.82) is 0 Å². The van der Waals surface area contributed by atoms with E-state index in [1.165, 1.54) is 0 Å². The van der Waals surface area contributed by atoms with Crippen molar-refractivity contribution in [2.24, 2.45) is 5.92 Å². The summed E-state index contributed by atoms with van der Waals surface area (Å²) in [7, 11) is 0. The number of hydrogen-bond acceptors (Lipinski definition) is 3. The van der Waals surface area contributed by atoms with Crippen molar-refractivity contribution in [2.45, 2.75) is 25.9 Å². The van der Waals surface area contributed by atoms with Crippen molar-refractivity contribution in [1.82, 2.24) is 10.2 Å². The van der Waals surface area contributed by atoms with Gasteiger partial charge < -0.3 is 10.6 Å². The average Bonchev–Trinajstić information content (AvgIpc) is 2.86. The number of para-hydroxylation sites is 1. The summed E-state index contributed by atoms with van der Waals surface area (Å²) in [5, 5.41) is 7.19. The lowest BCUT2D eigenvalue weighted by Gasteiger charge is -2.32. The van der Waals surface area contributed by atoms with Crippen LogP contribution in [0.4, 0.5) is 5.69 Å². The number of likely N-dealkylation sites (tertiary alicyclic amines) is 1. The van der Waals surface area contributed by atoms with E-state index in [1.54, 1.807) is 18.2 Å². The first kappa shape index (κ1) is 24.3. The zero-order valence-corrected chi connectivity index (χ0v) is 20.3. The van der Waals surface area contributed by atoms with Gasteiger partial charge in [0.15, 0.2) is 0 Å². The van der Waals surface area contributed by atoms with Crippen LogP contribution in [0.1, 0.15) is 34.3 Å². The molecule has 0 spiro atoms. The predicted octanol–water partition coefficient (Wildman–Crippen LogP) is 5.77. The van der Waals surface area contributed by atoms with Gasteiger partial charge in [-0.2, -0.15) is 0 Å². The fourth-order valence-electron chi connectivity index (χ4n) is 4.22. The minimum atomic E-state index is -0.224. The number of carbonyl (C=O) groups excluding carboxylic acids is 2. The second-order valence-corrected chi connectivity index (χ2v) is 9.29. The van der Waals surface area contributed by atoms with Gasteiger partial charge in [-0.05, 0) is 49.2 Å². The van der Waals surface area contributed by atoms with Gasteiger partial charge >= 0.3 is 0 Å². The van der Waals surface area contributed by atoms with Crippen LogP contribution in [-0.4, -0.2) is 29.8 Å². The number of hydrogen-bond donors (Lipinski definition) is 2. The summed E-state index contributed by atoms with van der Waals surface area (Å²) in [6, 6.07) is 22.3. The van der Waals surface area contributed by atoms with E-state index >= 15 is 0 Å². The molecule has 7 heteroatoms. The van der Waals surface area contributed by atoms with E-state index in [0.717, 1.165) is 30.5 Å². The SMILES string of the molecule is O=C(NCc1ccccc1)c1ccccc1NC(=O)C1CCCN(Cc2c(Cl)cccc2Cl)C1. The van der Waals surface area contributed by atoms with E-state index in [0.29, 0.717) is 40.9 Å². The van der Waals surface area contributed by atoms with Crippen LogP contribution in [0.15, 0.2) is 72.8 Å². The Bertz CT molecular complexity index is 1130. The molecule has 0 bridgehead atoms. The Labute approximate surface area is 210 Å². The molecule has 3 aromatic carbocycles. The molecule has 0 radical (unpaired) electrons. The topological polar surface area (TPSA) is 61.4 Å². The number of piperidine rings is 1. The maximum absolute atomic E-state index is 13.1. The molecule has 1 heterocycles. The second-order valence-electron chi connectivity index (χ2n) is 8.48. The van der Waals surface area contributed by atoms with Crippen molar-refractivity contribution < 1.29 is 9.59 Å². The molecular formula is C27H27Cl2N3O2. The van der Waals surface area contributed by atoms with E-state index < -0.39 is 0 Å². The van der Waals surface area contributed by atoms with Crippen LogP contribution < -0.4 is 10.6 Å². The smallest absolute Gasteiger partial charge is 0.253 e. The predicted molar refractivity (Wildman–Crippen MR) is 137 cm³/mol. The van der Waals surface area contributed by atoms with Gasteiger partial charge in [0, 0.05) is 35.2 Å². The second kappa shape index (κ2) is 11.5. The number of carbonyl (C=O) groups is 2. The summed E-state index contributed by atoms with van der Waals surface area (Å²) in [5.41, 5.74) is 2.86. The standard InChI is InChI=1S/C27H27Cl2N3O2/c28-23-12-6-13-24(29)22(23)18-32-15-7-10-20(17-32)26(33)31-25-14-5-4-11-21(25)27(34)30-16-19-8-2-1-3-9-19/h1-6,8-9,11-14,20H,7,10,15-18H2,(H,30,34)(H,31,33). The van der Waals surface area contributed by atoms with Gasteiger partial charge in [-0.15, -0.1) is 0 Å². The average molecular weight is 496 g/mol. The molecule has 0 aromatic heterocycles. The molecule has 1 saturated heterocycles. The molecule has 1 aliphatic heterocycles. The van der Waals surface area contributed by atoms with Crippen LogP contribution in [0, 0.1) is 5.92 Å². The van der Waals surface area contributed by atoms with Crippen LogP contribution in [-0.2, 0) is 17.9 Å². The molecule has 0 aliphatic carbocycles. The van der Waals surface area contributed by atoms with Gasteiger partial charge in [-0.25, -0.2) is 0 Å². The molecular weight excluding hydrogens is 469 g/mol. The van der Waals surface area contributed by atoms with E-state index in [1.807, 2.05) is 54.6 Å². The molecule has 34 heavy (non-hydrogen) atoms. The van der Waals surface area contributed by atoms with E-state index in [-0.39, 0.29) is 17.7 Å². The van der Waals surface area contributed by atoms with Gasteiger partial charge in [0.05, 0.1) is 17.2 Å². The number of nitrogens with zero attached hydrogens (tertiary/aromatic N) is 1. The van der Waals surface area contributed by atoms with Crippen molar-refractivity contribution in [3.63, 3.8) is 0 Å². The number of halogens is 2. The third kappa shape index (κ3) is 6.17. The molecule has 5 nitrogen and oxygen atoms in total. The van der Waals surface area contributed by atoms with Gasteiger partial charge in [0.1, 0.15) is 0 Å². The number of amides is 2. The van der Waals surface area contributed by atoms with Crippen molar-refractivity contribution >= 4 is 40.7 Å². The number of nitrogens with one attached hydrogen (secondary N) is 2. The maximum Gasteiger partial charge on any atom is 0.253 e. The van der Waals surface area contributed by atoms with Gasteiger partial charge in [-0.1, -0.05) is 71.7 Å². The van der Waals surface area contributed by atoms with E-state index in [2.05, 4.69) is 15.5 Å². The molecule has 2 amide bonds. The summed E-state index contributed by atoms with van der Waals surface area (Å²) in [6.07, 6.45) is 1.69. The number of rotatable bonds is 7. The fraction of sp³-hybridized carbons (Fsp3) is 0.259. The third-order valence-electron chi connectivity index (χ3n) is 6.05. The summed E-state index contributed by atoms with van der Waals surface area (Å²) in [4.78, 5) is 28.2. The summed E-state index contributed by atoms with van der Waals surface area (Å²) >= 11 is 12.7. The van der Waals surface area contributed by atoms with Crippen LogP contribution in [0.3, 0.4) is 0 Å². The van der Waals surface area contributed by atoms with Crippen molar-refractivity contribution in [2.75, 3.05) is 18.4 Å². The van der Waals surface area contributed by atoms with Crippen molar-refractivity contribution in [3.05, 3.63) is 99.5 Å². The Hall–Kier alpha value is -2.86. The van der Waals surface area contributed by atoms with Crippen LogP contribution in [0.2, 0.25) is 10.0 Å². The highest BCUT2D eigenvalue weighted by molar-refractivity contribution is 6.35. The highest BCUT2D eigenvalue weighted by Crippen LogP contribution is 2.28. The third-order valence-corrected chi connectivity index (χ3v) is 6.75. The summed E-state index contributed by atoms with van der Waals surface area (Å²) in [6.45, 7) is 2.50. The highest BCUT2D eigenvalue weighted by Gasteiger charge is 2.27. The molecule has 1 fully saturated rings. The minimum Gasteiger partial charge on any atom is -0.348 e. The molecule has 0 saturated carbocycles. The van der Waals surface area contributed by atoms with E-state index in [4.69, 9.17) is 23.2 Å².